The molecule has 108 valence electrons. The van der Waals surface area contributed by atoms with E-state index in [1.807, 2.05) is 0 Å². The summed E-state index contributed by atoms with van der Waals surface area (Å²) in [4.78, 5) is 0.363. The van der Waals surface area contributed by atoms with Crippen molar-refractivity contribution >= 4 is 26.0 Å². The van der Waals surface area contributed by atoms with Crippen molar-refractivity contribution in [2.45, 2.75) is 61.7 Å². The van der Waals surface area contributed by atoms with Gasteiger partial charge in [-0.05, 0) is 26.7 Å². The maximum absolute atomic E-state index is 12.4. The molecule has 2 unspecified atom stereocenters. The topological polar surface area (TPSA) is 72.2 Å². The standard InChI is InChI=1S/C12H19BrN2O3S/c1-8-12(9(2)18-14-8)19(16,17)15-11-7-5-3-4-6-10(11)13/h10-11,15H,3-7H2,1-2H3. The molecule has 1 aliphatic carbocycles. The van der Waals surface area contributed by atoms with E-state index in [1.165, 1.54) is 0 Å². The predicted molar refractivity (Wildman–Crippen MR) is 75.9 cm³/mol. The van der Waals surface area contributed by atoms with Crippen LogP contribution in [0.5, 0.6) is 0 Å². The summed E-state index contributed by atoms with van der Waals surface area (Å²) in [7, 11) is -3.56. The Bertz CT molecular complexity index is 522. The zero-order chi connectivity index (χ0) is 14.0. The van der Waals surface area contributed by atoms with E-state index in [2.05, 4.69) is 25.8 Å². The molecule has 7 heteroatoms. The Morgan fingerprint density at radius 3 is 2.58 bits per heavy atom. The fraction of sp³-hybridized carbons (Fsp3) is 0.750. The molecule has 1 aromatic rings. The molecule has 2 rings (SSSR count). The second-order valence-electron chi connectivity index (χ2n) is 5.04. The first-order chi connectivity index (χ1) is 8.92. The molecule has 2 atom stereocenters. The molecule has 0 aliphatic heterocycles. The van der Waals surface area contributed by atoms with Gasteiger partial charge in [0, 0.05) is 10.9 Å². The first-order valence-corrected chi connectivity index (χ1v) is 8.91. The van der Waals surface area contributed by atoms with Crippen LogP contribution >= 0.6 is 15.9 Å². The van der Waals surface area contributed by atoms with Crippen LogP contribution in [-0.2, 0) is 10.0 Å². The van der Waals surface area contributed by atoms with E-state index >= 15 is 0 Å². The van der Waals surface area contributed by atoms with Crippen molar-refractivity contribution in [1.29, 1.82) is 0 Å². The van der Waals surface area contributed by atoms with Gasteiger partial charge in [0.2, 0.25) is 10.0 Å². The summed E-state index contributed by atoms with van der Waals surface area (Å²) < 4.78 is 32.6. The minimum absolute atomic E-state index is 0.0683. The van der Waals surface area contributed by atoms with Crippen LogP contribution in [-0.4, -0.2) is 24.4 Å². The van der Waals surface area contributed by atoms with E-state index < -0.39 is 10.0 Å². The van der Waals surface area contributed by atoms with Crippen LogP contribution < -0.4 is 4.72 Å². The summed E-state index contributed by atoms with van der Waals surface area (Å²) in [6.07, 6.45) is 5.20. The van der Waals surface area contributed by atoms with Crippen molar-refractivity contribution in [3.8, 4) is 0 Å². The number of aromatic nitrogens is 1. The van der Waals surface area contributed by atoms with Crippen LogP contribution in [0, 0.1) is 13.8 Å². The van der Waals surface area contributed by atoms with Gasteiger partial charge in [0.15, 0.2) is 5.76 Å². The monoisotopic (exact) mass is 350 g/mol. The number of nitrogens with one attached hydrogen (secondary N) is 1. The molecule has 19 heavy (non-hydrogen) atoms. The normalized spacial score (nSPS) is 25.2. The van der Waals surface area contributed by atoms with Crippen LogP contribution in [0.15, 0.2) is 9.42 Å². The largest absolute Gasteiger partial charge is 0.360 e. The maximum Gasteiger partial charge on any atom is 0.246 e. The lowest BCUT2D eigenvalue weighted by Gasteiger charge is -2.21. The molecule has 1 fully saturated rings. The second-order valence-corrected chi connectivity index (χ2v) is 7.86. The van der Waals surface area contributed by atoms with Gasteiger partial charge in [0.1, 0.15) is 10.6 Å². The van der Waals surface area contributed by atoms with Crippen molar-refractivity contribution in [1.82, 2.24) is 9.88 Å². The van der Waals surface area contributed by atoms with E-state index in [-0.39, 0.29) is 15.8 Å². The summed E-state index contributed by atoms with van der Waals surface area (Å²) >= 11 is 3.59. The summed E-state index contributed by atoms with van der Waals surface area (Å²) in [5.41, 5.74) is 0.407. The molecule has 0 saturated heterocycles. The van der Waals surface area contributed by atoms with Gasteiger partial charge >= 0.3 is 0 Å². The SMILES string of the molecule is Cc1noc(C)c1S(=O)(=O)NC1CCCCCC1Br. The minimum atomic E-state index is -3.56. The molecule has 0 amide bonds. The quantitative estimate of drug-likeness (QED) is 0.671. The Hall–Kier alpha value is -0.400. The lowest BCUT2D eigenvalue weighted by atomic mass is 10.1. The highest BCUT2D eigenvalue weighted by atomic mass is 79.9. The zero-order valence-corrected chi connectivity index (χ0v) is 13.6. The van der Waals surface area contributed by atoms with Crippen molar-refractivity contribution in [2.75, 3.05) is 0 Å². The number of nitrogens with zero attached hydrogens (tertiary/aromatic N) is 1. The van der Waals surface area contributed by atoms with Gasteiger partial charge in [-0.2, -0.15) is 0 Å². The molecule has 0 aromatic carbocycles. The number of rotatable bonds is 3. The number of sulfonamides is 1. The first-order valence-electron chi connectivity index (χ1n) is 6.51. The number of halogens is 1. The third-order valence-electron chi connectivity index (χ3n) is 3.47. The molecular weight excluding hydrogens is 332 g/mol. The second kappa shape index (κ2) is 5.93. The molecular formula is C12H19BrN2O3S. The van der Waals surface area contributed by atoms with Crippen molar-refractivity contribution < 1.29 is 12.9 Å². The van der Waals surface area contributed by atoms with E-state index in [9.17, 15) is 8.42 Å². The van der Waals surface area contributed by atoms with Crippen LogP contribution in [0.25, 0.3) is 0 Å². The van der Waals surface area contributed by atoms with E-state index in [0.29, 0.717) is 11.5 Å². The Kier molecular flexibility index (Phi) is 4.68. The average molecular weight is 351 g/mol. The molecule has 5 nitrogen and oxygen atoms in total. The van der Waals surface area contributed by atoms with Crippen molar-refractivity contribution in [2.24, 2.45) is 0 Å². The smallest absolute Gasteiger partial charge is 0.246 e. The van der Waals surface area contributed by atoms with Crippen molar-refractivity contribution in [3.05, 3.63) is 11.5 Å². The van der Waals surface area contributed by atoms with Gasteiger partial charge in [-0.3, -0.25) is 0 Å². The Balaban J connectivity index is 2.21. The summed E-state index contributed by atoms with van der Waals surface area (Å²) in [6.45, 7) is 3.26. The van der Waals surface area contributed by atoms with Crippen molar-refractivity contribution in [3.63, 3.8) is 0 Å². The first kappa shape index (κ1) is 15.0. The van der Waals surface area contributed by atoms with E-state index in [0.717, 1.165) is 32.1 Å². The van der Waals surface area contributed by atoms with Crippen LogP contribution in [0.2, 0.25) is 0 Å². The maximum atomic E-state index is 12.4. The summed E-state index contributed by atoms with van der Waals surface area (Å²) in [5, 5.41) is 3.71. The highest BCUT2D eigenvalue weighted by molar-refractivity contribution is 9.09. The number of hydrogen-bond acceptors (Lipinski definition) is 4. The fourth-order valence-electron chi connectivity index (χ4n) is 2.51. The zero-order valence-electron chi connectivity index (χ0n) is 11.1. The fourth-order valence-corrected chi connectivity index (χ4v) is 5.05. The Morgan fingerprint density at radius 1 is 1.26 bits per heavy atom. The van der Waals surface area contributed by atoms with Gasteiger partial charge in [-0.15, -0.1) is 0 Å². The van der Waals surface area contributed by atoms with Gasteiger partial charge in [-0.1, -0.05) is 40.3 Å². The summed E-state index contributed by atoms with van der Waals surface area (Å²) in [5.74, 6) is 0.338. The molecule has 1 heterocycles. The number of alkyl halides is 1. The van der Waals surface area contributed by atoms with Crippen LogP contribution in [0.1, 0.15) is 43.6 Å². The molecule has 1 N–H and O–H groups in total. The molecule has 1 aliphatic rings. The predicted octanol–water partition coefficient (Wildman–Crippen LogP) is 2.67. The number of hydrogen-bond donors (Lipinski definition) is 1. The lowest BCUT2D eigenvalue weighted by Crippen LogP contribution is -2.40. The Labute approximate surface area is 122 Å². The molecule has 1 aromatic heterocycles. The van der Waals surface area contributed by atoms with Gasteiger partial charge in [-0.25, -0.2) is 13.1 Å². The number of aryl methyl sites for hydroxylation is 2. The van der Waals surface area contributed by atoms with E-state index in [4.69, 9.17) is 4.52 Å². The third-order valence-corrected chi connectivity index (χ3v) is 6.30. The van der Waals surface area contributed by atoms with Crippen LogP contribution in [0.3, 0.4) is 0 Å². The van der Waals surface area contributed by atoms with Gasteiger partial charge in [0.25, 0.3) is 0 Å². The third kappa shape index (κ3) is 3.38. The average Bonchev–Trinajstić information content (AvgIpc) is 2.54. The molecule has 0 bridgehead atoms. The highest BCUT2D eigenvalue weighted by Gasteiger charge is 2.30. The summed E-state index contributed by atoms with van der Waals surface area (Å²) in [6, 6.07) is -0.0683. The lowest BCUT2D eigenvalue weighted by molar-refractivity contribution is 0.390. The highest BCUT2D eigenvalue weighted by Crippen LogP contribution is 2.26. The molecule has 1 saturated carbocycles. The van der Waals surface area contributed by atoms with Gasteiger partial charge in [0.05, 0.1) is 0 Å². The molecule has 0 spiro atoms. The van der Waals surface area contributed by atoms with Crippen LogP contribution in [0.4, 0.5) is 0 Å². The van der Waals surface area contributed by atoms with E-state index in [1.54, 1.807) is 13.8 Å². The van der Waals surface area contributed by atoms with Gasteiger partial charge < -0.3 is 4.52 Å². The molecule has 0 radical (unpaired) electrons. The Morgan fingerprint density at radius 2 is 1.95 bits per heavy atom. The minimum Gasteiger partial charge on any atom is -0.360 e.